The third-order valence-electron chi connectivity index (χ3n) is 5.62. The van der Waals surface area contributed by atoms with Gasteiger partial charge in [-0.25, -0.2) is 4.52 Å². The summed E-state index contributed by atoms with van der Waals surface area (Å²) >= 11 is 0. The number of carbonyl (C=O) groups is 1. The lowest BCUT2D eigenvalue weighted by Crippen LogP contribution is -2.34. The Labute approximate surface area is 185 Å². The highest BCUT2D eigenvalue weighted by Crippen LogP contribution is 2.26. The van der Waals surface area contributed by atoms with Gasteiger partial charge in [0.15, 0.2) is 5.65 Å². The predicted molar refractivity (Wildman–Crippen MR) is 123 cm³/mol. The van der Waals surface area contributed by atoms with Crippen molar-refractivity contribution in [2.45, 2.75) is 26.3 Å². The van der Waals surface area contributed by atoms with Crippen molar-refractivity contribution in [3.63, 3.8) is 0 Å². The van der Waals surface area contributed by atoms with Crippen molar-refractivity contribution in [2.24, 2.45) is 0 Å². The van der Waals surface area contributed by atoms with E-state index in [1.165, 1.54) is 6.07 Å². The Bertz CT molecular complexity index is 1360. The lowest BCUT2D eigenvalue weighted by molar-refractivity contribution is -0.124. The van der Waals surface area contributed by atoms with Crippen molar-refractivity contribution in [3.8, 4) is 11.5 Å². The first kappa shape index (κ1) is 21.4. The van der Waals surface area contributed by atoms with Crippen LogP contribution >= 0.6 is 0 Å². The predicted octanol–water partition coefficient (Wildman–Crippen LogP) is 2.89. The summed E-state index contributed by atoms with van der Waals surface area (Å²) in [6.45, 7) is 4.12. The van der Waals surface area contributed by atoms with Crippen LogP contribution in [0.5, 0.6) is 11.5 Å². The molecule has 1 atom stereocenters. The Morgan fingerprint density at radius 1 is 1.12 bits per heavy atom. The smallest absolute Gasteiger partial charge is 0.273 e. The molecule has 0 saturated carbocycles. The number of rotatable bonds is 7. The molecule has 166 valence electrons. The van der Waals surface area contributed by atoms with E-state index in [1.807, 2.05) is 65.5 Å². The molecule has 4 aromatic rings. The zero-order valence-corrected chi connectivity index (χ0v) is 18.6. The van der Waals surface area contributed by atoms with Gasteiger partial charge in [-0.15, -0.1) is 0 Å². The maximum absolute atomic E-state index is 13.1. The molecule has 4 rings (SSSR count). The fourth-order valence-corrected chi connectivity index (χ4v) is 4.05. The number of amides is 1. The van der Waals surface area contributed by atoms with Crippen molar-refractivity contribution in [2.75, 3.05) is 20.8 Å². The molecular weight excluding hydrogens is 408 g/mol. The molecule has 2 aromatic heterocycles. The van der Waals surface area contributed by atoms with E-state index in [-0.39, 0.29) is 11.5 Å². The number of methoxy groups -OCH3 is 2. The topological polar surface area (TPSA) is 86.9 Å². The van der Waals surface area contributed by atoms with Gasteiger partial charge in [0.25, 0.3) is 5.56 Å². The summed E-state index contributed by atoms with van der Waals surface area (Å²) in [5, 5.41) is 3.84. The lowest BCUT2D eigenvalue weighted by atomic mass is 10.1. The van der Waals surface area contributed by atoms with Crippen molar-refractivity contribution in [3.05, 3.63) is 70.1 Å². The molecular formula is C24H26N4O4. The molecule has 2 heterocycles. The number of hydrogen-bond acceptors (Lipinski definition) is 5. The molecule has 0 bridgehead atoms. The molecule has 0 fully saturated rings. The fraction of sp³-hybridized carbons (Fsp3) is 0.292. The second-order valence-corrected chi connectivity index (χ2v) is 7.63. The molecule has 0 aliphatic heterocycles. The summed E-state index contributed by atoms with van der Waals surface area (Å²) in [6.07, 6.45) is 0.597. The van der Waals surface area contributed by atoms with Gasteiger partial charge in [0, 0.05) is 23.7 Å². The minimum absolute atomic E-state index is 0.132. The number of nitrogens with zero attached hydrogens (tertiary/aromatic N) is 3. The quantitative estimate of drug-likeness (QED) is 0.483. The van der Waals surface area contributed by atoms with Crippen LogP contribution < -0.4 is 20.3 Å². The van der Waals surface area contributed by atoms with Crippen LogP contribution in [-0.2, 0) is 11.2 Å². The van der Waals surface area contributed by atoms with Crippen LogP contribution in [0, 0.1) is 6.92 Å². The van der Waals surface area contributed by atoms with Gasteiger partial charge in [0.05, 0.1) is 19.7 Å². The minimum Gasteiger partial charge on any atom is -0.497 e. The van der Waals surface area contributed by atoms with Gasteiger partial charge in [0.2, 0.25) is 5.91 Å². The summed E-state index contributed by atoms with van der Waals surface area (Å²) in [5.41, 5.74) is 2.76. The monoisotopic (exact) mass is 434 g/mol. The second kappa shape index (κ2) is 8.74. The number of ether oxygens (including phenoxy) is 2. The van der Waals surface area contributed by atoms with Crippen molar-refractivity contribution >= 4 is 22.5 Å². The average molecular weight is 434 g/mol. The van der Waals surface area contributed by atoms with E-state index < -0.39 is 6.04 Å². The summed E-state index contributed by atoms with van der Waals surface area (Å²) in [5.74, 6) is 1.36. The Balaban J connectivity index is 1.60. The molecule has 8 heteroatoms. The lowest BCUT2D eigenvalue weighted by Gasteiger charge is -2.18. The second-order valence-electron chi connectivity index (χ2n) is 7.63. The number of hydrogen-bond donors (Lipinski definition) is 1. The van der Waals surface area contributed by atoms with Crippen LogP contribution in [0.3, 0.4) is 0 Å². The number of para-hydroxylation sites is 1. The van der Waals surface area contributed by atoms with Gasteiger partial charge in [-0.1, -0.05) is 12.1 Å². The minimum atomic E-state index is -0.521. The van der Waals surface area contributed by atoms with Gasteiger partial charge >= 0.3 is 0 Å². The highest BCUT2D eigenvalue weighted by Gasteiger charge is 2.22. The van der Waals surface area contributed by atoms with Crippen LogP contribution in [0.1, 0.15) is 24.2 Å². The third kappa shape index (κ3) is 3.79. The molecule has 1 amide bonds. The van der Waals surface area contributed by atoms with Crippen molar-refractivity contribution < 1.29 is 14.3 Å². The van der Waals surface area contributed by atoms with Crippen LogP contribution in [0.2, 0.25) is 0 Å². The highest BCUT2D eigenvalue weighted by molar-refractivity contribution is 5.94. The number of carbonyl (C=O) groups excluding carboxylic acids is 1. The molecule has 0 aliphatic rings. The van der Waals surface area contributed by atoms with E-state index in [0.717, 1.165) is 33.7 Å². The molecule has 2 aromatic carbocycles. The SMILES string of the molecule is COc1ccc(OC)c(CCNC(=O)[C@@H](C)n2c3ccccc3c3nc(=O)cc(C)n32)c1. The number of nitrogens with one attached hydrogen (secondary N) is 1. The van der Waals surface area contributed by atoms with E-state index in [9.17, 15) is 9.59 Å². The Hall–Kier alpha value is -3.81. The van der Waals surface area contributed by atoms with Crippen molar-refractivity contribution in [1.82, 2.24) is 19.5 Å². The molecule has 0 aliphatic carbocycles. The van der Waals surface area contributed by atoms with Gasteiger partial charge in [0.1, 0.15) is 17.5 Å². The maximum atomic E-state index is 13.1. The van der Waals surface area contributed by atoms with Crippen LogP contribution in [0.15, 0.2) is 53.3 Å². The van der Waals surface area contributed by atoms with Gasteiger partial charge in [-0.05, 0) is 56.2 Å². The van der Waals surface area contributed by atoms with E-state index in [0.29, 0.717) is 18.6 Å². The molecule has 0 saturated heterocycles. The first-order valence-electron chi connectivity index (χ1n) is 10.4. The van der Waals surface area contributed by atoms with E-state index in [1.54, 1.807) is 14.2 Å². The molecule has 0 unspecified atom stereocenters. The van der Waals surface area contributed by atoms with Crippen molar-refractivity contribution in [1.29, 1.82) is 0 Å². The zero-order valence-electron chi connectivity index (χ0n) is 18.6. The van der Waals surface area contributed by atoms with Gasteiger partial charge < -0.3 is 14.8 Å². The molecule has 8 nitrogen and oxygen atoms in total. The van der Waals surface area contributed by atoms with E-state index >= 15 is 0 Å². The summed E-state index contributed by atoms with van der Waals surface area (Å²) in [4.78, 5) is 29.3. The number of aromatic nitrogens is 3. The standard InChI is InChI=1S/C24H26N4O4/c1-15-13-22(29)26-23-19-7-5-6-8-20(19)28(27(15)23)16(2)24(30)25-12-11-17-14-18(31-3)9-10-21(17)32-4/h5-10,13-14,16H,11-12H2,1-4H3,(H,25,30)/t16-/m1/s1. The number of benzene rings is 2. The Kier molecular flexibility index (Phi) is 5.85. The Morgan fingerprint density at radius 3 is 2.66 bits per heavy atom. The van der Waals surface area contributed by atoms with Crippen LogP contribution in [0.4, 0.5) is 0 Å². The fourth-order valence-electron chi connectivity index (χ4n) is 4.05. The largest absolute Gasteiger partial charge is 0.497 e. The van der Waals surface area contributed by atoms with Crippen LogP contribution in [0.25, 0.3) is 16.6 Å². The highest BCUT2D eigenvalue weighted by atomic mass is 16.5. The third-order valence-corrected chi connectivity index (χ3v) is 5.62. The van der Waals surface area contributed by atoms with Gasteiger partial charge in [-0.3, -0.25) is 14.3 Å². The normalized spacial score (nSPS) is 12.1. The Morgan fingerprint density at radius 2 is 1.91 bits per heavy atom. The molecule has 0 radical (unpaired) electrons. The number of fused-ring (bicyclic) bond motifs is 3. The summed E-state index contributed by atoms with van der Waals surface area (Å²) < 4.78 is 14.4. The molecule has 1 N–H and O–H groups in total. The summed E-state index contributed by atoms with van der Waals surface area (Å²) in [6, 6.07) is 14.2. The summed E-state index contributed by atoms with van der Waals surface area (Å²) in [7, 11) is 3.24. The molecule has 32 heavy (non-hydrogen) atoms. The first-order valence-corrected chi connectivity index (χ1v) is 10.4. The number of aryl methyl sites for hydroxylation is 1. The van der Waals surface area contributed by atoms with E-state index in [4.69, 9.17) is 9.47 Å². The molecule has 0 spiro atoms. The average Bonchev–Trinajstić information content (AvgIpc) is 3.13. The van der Waals surface area contributed by atoms with Crippen LogP contribution in [-0.4, -0.2) is 40.9 Å². The first-order chi connectivity index (χ1) is 15.4. The zero-order chi connectivity index (χ0) is 22.8. The maximum Gasteiger partial charge on any atom is 0.273 e. The van der Waals surface area contributed by atoms with E-state index in [2.05, 4.69) is 10.3 Å². The van der Waals surface area contributed by atoms with Gasteiger partial charge in [-0.2, -0.15) is 4.98 Å².